The van der Waals surface area contributed by atoms with Gasteiger partial charge in [-0.15, -0.1) is 11.3 Å². The molecule has 0 aliphatic carbocycles. The molecule has 7 heteroatoms. The summed E-state index contributed by atoms with van der Waals surface area (Å²) in [5.41, 5.74) is 7.95. The Morgan fingerprint density at radius 1 is 1.53 bits per heavy atom. The van der Waals surface area contributed by atoms with Crippen LogP contribution >= 0.6 is 34.6 Å². The maximum Gasteiger partial charge on any atom is 0.149 e. The molecule has 4 nitrogen and oxygen atoms in total. The first kappa shape index (κ1) is 14.6. The monoisotopic (exact) mass is 314 g/mol. The number of thiazole rings is 1. The van der Waals surface area contributed by atoms with Gasteiger partial charge in [-0.3, -0.25) is 0 Å². The molecule has 0 aliphatic heterocycles. The predicted molar refractivity (Wildman–Crippen MR) is 88.4 cm³/mol. The van der Waals surface area contributed by atoms with Gasteiger partial charge < -0.3 is 11.1 Å². The number of hydrogen-bond acceptors (Lipinski definition) is 7. The Balaban J connectivity index is 2.14. The smallest absolute Gasteiger partial charge is 0.149 e. The lowest BCUT2D eigenvalue weighted by atomic mass is 10.2. The molecule has 2 rings (SSSR count). The van der Waals surface area contributed by atoms with Crippen molar-refractivity contribution in [1.29, 1.82) is 0 Å². The third kappa shape index (κ3) is 3.61. The molecular weight excluding hydrogens is 296 g/mol. The Bertz CT molecular complexity index is 535. The largest absolute Gasteiger partial charge is 0.382 e. The highest BCUT2D eigenvalue weighted by Gasteiger charge is 2.16. The number of rotatable bonds is 6. The van der Waals surface area contributed by atoms with E-state index in [4.69, 9.17) is 5.73 Å². The van der Waals surface area contributed by atoms with Gasteiger partial charge in [-0.05, 0) is 36.4 Å². The second-order valence-electron chi connectivity index (χ2n) is 4.51. The van der Waals surface area contributed by atoms with Crippen molar-refractivity contribution >= 4 is 45.5 Å². The van der Waals surface area contributed by atoms with E-state index in [1.165, 1.54) is 11.5 Å². The van der Waals surface area contributed by atoms with E-state index in [1.54, 1.807) is 11.3 Å². The standard InChI is InChI=1S/C12H18N4S3/c1-7(5-17-3)4-14-11-9(10(13)16-19-11)12-15-8(2)6-18-12/h6-7,14H,4-5H2,1-3H3,(H2,13,16). The third-order valence-corrected chi connectivity index (χ3v) is 5.31. The van der Waals surface area contributed by atoms with Crippen LogP contribution in [-0.4, -0.2) is 27.9 Å². The highest BCUT2D eigenvalue weighted by atomic mass is 32.2. The molecule has 0 aliphatic rings. The second kappa shape index (κ2) is 6.58. The summed E-state index contributed by atoms with van der Waals surface area (Å²) < 4.78 is 4.24. The lowest BCUT2D eigenvalue weighted by Gasteiger charge is -2.11. The van der Waals surface area contributed by atoms with Gasteiger partial charge in [0, 0.05) is 17.6 Å². The van der Waals surface area contributed by atoms with Crippen molar-refractivity contribution in [2.75, 3.05) is 29.6 Å². The Morgan fingerprint density at radius 2 is 2.32 bits per heavy atom. The minimum absolute atomic E-state index is 0.569. The van der Waals surface area contributed by atoms with Crippen molar-refractivity contribution in [3.05, 3.63) is 11.1 Å². The first-order valence-electron chi connectivity index (χ1n) is 6.02. The fourth-order valence-corrected chi connectivity index (χ4v) is 4.04. The van der Waals surface area contributed by atoms with Crippen LogP contribution in [0.5, 0.6) is 0 Å². The van der Waals surface area contributed by atoms with Gasteiger partial charge in [0.25, 0.3) is 0 Å². The topological polar surface area (TPSA) is 63.8 Å². The SMILES string of the molecule is CSCC(C)CNc1snc(N)c1-c1nc(C)cs1. The number of thioether (sulfide) groups is 1. The first-order chi connectivity index (χ1) is 9.11. The van der Waals surface area contributed by atoms with Crippen molar-refractivity contribution in [2.24, 2.45) is 5.92 Å². The second-order valence-corrected chi connectivity index (χ2v) is 7.05. The fraction of sp³-hybridized carbons (Fsp3) is 0.500. The highest BCUT2D eigenvalue weighted by Crippen LogP contribution is 2.38. The minimum Gasteiger partial charge on any atom is -0.382 e. The van der Waals surface area contributed by atoms with Crippen LogP contribution in [0, 0.1) is 12.8 Å². The lowest BCUT2D eigenvalue weighted by Crippen LogP contribution is -2.13. The van der Waals surface area contributed by atoms with Crippen LogP contribution < -0.4 is 11.1 Å². The summed E-state index contributed by atoms with van der Waals surface area (Å²) >= 11 is 4.89. The fourth-order valence-electron chi connectivity index (χ4n) is 1.71. The van der Waals surface area contributed by atoms with E-state index < -0.39 is 0 Å². The average Bonchev–Trinajstić information content (AvgIpc) is 2.93. The zero-order chi connectivity index (χ0) is 13.8. The van der Waals surface area contributed by atoms with E-state index in [0.29, 0.717) is 11.7 Å². The number of nitrogens with zero attached hydrogens (tertiary/aromatic N) is 2. The van der Waals surface area contributed by atoms with Gasteiger partial charge in [-0.25, -0.2) is 4.98 Å². The molecule has 0 spiro atoms. The molecule has 0 saturated heterocycles. The molecule has 2 aromatic rings. The molecule has 0 radical (unpaired) electrons. The summed E-state index contributed by atoms with van der Waals surface area (Å²) in [6.07, 6.45) is 2.13. The van der Waals surface area contributed by atoms with Crippen LogP contribution in [0.3, 0.4) is 0 Å². The van der Waals surface area contributed by atoms with Crippen molar-refractivity contribution in [1.82, 2.24) is 9.36 Å². The van der Waals surface area contributed by atoms with E-state index >= 15 is 0 Å². The van der Waals surface area contributed by atoms with Crippen LogP contribution in [0.15, 0.2) is 5.38 Å². The summed E-state index contributed by atoms with van der Waals surface area (Å²) in [5.74, 6) is 2.33. The van der Waals surface area contributed by atoms with E-state index in [9.17, 15) is 0 Å². The maximum atomic E-state index is 5.97. The number of nitrogens with two attached hydrogens (primary N) is 1. The Labute approximate surface area is 126 Å². The molecule has 0 amide bonds. The van der Waals surface area contributed by atoms with Crippen LogP contribution in [0.25, 0.3) is 10.6 Å². The summed E-state index contributed by atoms with van der Waals surface area (Å²) in [7, 11) is 0. The van der Waals surface area contributed by atoms with Gasteiger partial charge in [0.05, 0.1) is 5.56 Å². The molecule has 19 heavy (non-hydrogen) atoms. The summed E-state index contributed by atoms with van der Waals surface area (Å²) in [6, 6.07) is 0. The number of aromatic nitrogens is 2. The zero-order valence-corrected chi connectivity index (χ0v) is 13.7. The molecule has 0 aromatic carbocycles. The normalized spacial score (nSPS) is 12.6. The molecule has 2 heterocycles. The predicted octanol–water partition coefficient (Wildman–Crippen LogP) is 3.57. The van der Waals surface area contributed by atoms with Crippen LogP contribution in [0.4, 0.5) is 10.8 Å². The molecular formula is C12H18N4S3. The van der Waals surface area contributed by atoms with Crippen molar-refractivity contribution in [2.45, 2.75) is 13.8 Å². The Morgan fingerprint density at radius 3 is 2.95 bits per heavy atom. The highest BCUT2D eigenvalue weighted by molar-refractivity contribution is 7.98. The number of nitrogens with one attached hydrogen (secondary N) is 1. The van der Waals surface area contributed by atoms with Crippen LogP contribution in [0.1, 0.15) is 12.6 Å². The van der Waals surface area contributed by atoms with Gasteiger partial charge in [-0.1, -0.05) is 6.92 Å². The van der Waals surface area contributed by atoms with Crippen LogP contribution in [0.2, 0.25) is 0 Å². The third-order valence-electron chi connectivity index (χ3n) is 2.61. The number of anilines is 2. The number of aryl methyl sites for hydroxylation is 1. The van der Waals surface area contributed by atoms with Gasteiger partial charge in [0.15, 0.2) is 0 Å². The molecule has 0 saturated carbocycles. The molecule has 0 bridgehead atoms. The summed E-state index contributed by atoms with van der Waals surface area (Å²) in [6.45, 7) is 5.16. The summed E-state index contributed by atoms with van der Waals surface area (Å²) in [4.78, 5) is 4.50. The van der Waals surface area contributed by atoms with E-state index in [2.05, 4.69) is 27.9 Å². The molecule has 3 N–H and O–H groups in total. The van der Waals surface area contributed by atoms with Crippen molar-refractivity contribution < 1.29 is 0 Å². The molecule has 1 unspecified atom stereocenters. The Kier molecular flexibility index (Phi) is 5.06. The van der Waals surface area contributed by atoms with E-state index in [0.717, 1.165) is 33.6 Å². The van der Waals surface area contributed by atoms with Crippen molar-refractivity contribution in [3.63, 3.8) is 0 Å². The molecule has 104 valence electrons. The van der Waals surface area contributed by atoms with E-state index in [1.807, 2.05) is 24.1 Å². The number of nitrogen functional groups attached to an aromatic ring is 1. The van der Waals surface area contributed by atoms with Gasteiger partial charge in [0.2, 0.25) is 0 Å². The van der Waals surface area contributed by atoms with Crippen LogP contribution in [-0.2, 0) is 0 Å². The maximum absolute atomic E-state index is 5.97. The first-order valence-corrected chi connectivity index (χ1v) is 9.07. The van der Waals surface area contributed by atoms with E-state index in [-0.39, 0.29) is 0 Å². The molecule has 0 fully saturated rings. The van der Waals surface area contributed by atoms with Crippen molar-refractivity contribution in [3.8, 4) is 10.6 Å². The lowest BCUT2D eigenvalue weighted by molar-refractivity contribution is 0.703. The van der Waals surface area contributed by atoms with Gasteiger partial charge >= 0.3 is 0 Å². The molecule has 1 atom stereocenters. The number of hydrogen-bond donors (Lipinski definition) is 2. The summed E-state index contributed by atoms with van der Waals surface area (Å²) in [5, 5.41) is 7.47. The quantitative estimate of drug-likeness (QED) is 0.853. The average molecular weight is 315 g/mol. The van der Waals surface area contributed by atoms with Gasteiger partial charge in [0.1, 0.15) is 15.8 Å². The zero-order valence-electron chi connectivity index (χ0n) is 11.3. The minimum atomic E-state index is 0.569. The van der Waals surface area contributed by atoms with Gasteiger partial charge in [-0.2, -0.15) is 16.1 Å². The molecule has 2 aromatic heterocycles. The Hall–Kier alpha value is -0.790.